The molecule has 0 aliphatic rings. The molecule has 0 aliphatic carbocycles. The molecule has 0 N–H and O–H groups in total. The second-order valence-electron chi connectivity index (χ2n) is 4.10. The fraction of sp³-hybridized carbons (Fsp3) is 0.571. The quantitative estimate of drug-likeness (QED) is 0.686. The Morgan fingerprint density at radius 2 is 1.94 bits per heavy atom. The molecule has 0 fully saturated rings. The van der Waals surface area contributed by atoms with Crippen LogP contribution >= 0.6 is 11.6 Å². The topological polar surface area (TPSA) is 18.5 Å². The van der Waals surface area contributed by atoms with Gasteiger partial charge in [0.1, 0.15) is 11.5 Å². The van der Waals surface area contributed by atoms with Gasteiger partial charge in [0.2, 0.25) is 0 Å². The first kappa shape index (κ1) is 14.2. The van der Waals surface area contributed by atoms with E-state index in [9.17, 15) is 0 Å². The molecule has 1 unspecified atom stereocenters. The fourth-order valence-corrected chi connectivity index (χ4v) is 2.17. The van der Waals surface area contributed by atoms with E-state index in [4.69, 9.17) is 21.1 Å². The Morgan fingerprint density at radius 1 is 1.18 bits per heavy atom. The SMILES string of the molecule is CCCC(Cl)CCc1cc(OC)ccc1OC. The molecule has 17 heavy (non-hydrogen) atoms. The van der Waals surface area contributed by atoms with E-state index in [0.717, 1.165) is 42.7 Å². The number of aryl methyl sites for hydroxylation is 1. The number of benzene rings is 1. The maximum absolute atomic E-state index is 6.23. The summed E-state index contributed by atoms with van der Waals surface area (Å²) in [5.41, 5.74) is 1.16. The largest absolute Gasteiger partial charge is 0.497 e. The van der Waals surface area contributed by atoms with Crippen LogP contribution in [0.15, 0.2) is 18.2 Å². The second-order valence-corrected chi connectivity index (χ2v) is 4.72. The zero-order chi connectivity index (χ0) is 12.7. The normalized spacial score (nSPS) is 12.2. The lowest BCUT2D eigenvalue weighted by molar-refractivity contribution is 0.398. The van der Waals surface area contributed by atoms with Crippen molar-refractivity contribution in [1.82, 2.24) is 0 Å². The summed E-state index contributed by atoms with van der Waals surface area (Å²) >= 11 is 6.23. The van der Waals surface area contributed by atoms with Gasteiger partial charge in [0.05, 0.1) is 14.2 Å². The standard InChI is InChI=1S/C14H21ClO2/c1-4-5-12(15)7-6-11-10-13(16-2)8-9-14(11)17-3/h8-10,12H,4-7H2,1-3H3. The molecule has 0 aromatic heterocycles. The molecule has 0 heterocycles. The van der Waals surface area contributed by atoms with Crippen LogP contribution in [0.3, 0.4) is 0 Å². The van der Waals surface area contributed by atoms with E-state index in [1.54, 1.807) is 14.2 Å². The van der Waals surface area contributed by atoms with Crippen LogP contribution in [-0.2, 0) is 6.42 Å². The molecule has 1 aromatic carbocycles. The molecule has 0 saturated heterocycles. The lowest BCUT2D eigenvalue weighted by Crippen LogP contribution is -2.02. The molecule has 0 amide bonds. The minimum Gasteiger partial charge on any atom is -0.497 e. The summed E-state index contributed by atoms with van der Waals surface area (Å²) in [7, 11) is 3.36. The van der Waals surface area contributed by atoms with Gasteiger partial charge in [-0.2, -0.15) is 0 Å². The molecule has 0 saturated carbocycles. The summed E-state index contributed by atoms with van der Waals surface area (Å²) in [6, 6.07) is 5.87. The third kappa shape index (κ3) is 4.47. The van der Waals surface area contributed by atoms with Crippen molar-refractivity contribution in [2.45, 2.75) is 38.0 Å². The van der Waals surface area contributed by atoms with Gasteiger partial charge in [-0.3, -0.25) is 0 Å². The van der Waals surface area contributed by atoms with Crippen LogP contribution in [0.25, 0.3) is 0 Å². The number of hydrogen-bond donors (Lipinski definition) is 0. The van der Waals surface area contributed by atoms with E-state index >= 15 is 0 Å². The molecule has 0 spiro atoms. The number of halogens is 1. The van der Waals surface area contributed by atoms with Crippen molar-refractivity contribution in [3.8, 4) is 11.5 Å². The average Bonchev–Trinajstić information content (AvgIpc) is 2.36. The maximum Gasteiger partial charge on any atom is 0.122 e. The smallest absolute Gasteiger partial charge is 0.122 e. The van der Waals surface area contributed by atoms with Crippen LogP contribution in [-0.4, -0.2) is 19.6 Å². The Labute approximate surface area is 109 Å². The highest BCUT2D eigenvalue weighted by Crippen LogP contribution is 2.26. The Kier molecular flexibility index (Phi) is 6.20. The van der Waals surface area contributed by atoms with Crippen LogP contribution in [0.4, 0.5) is 0 Å². The predicted octanol–water partition coefficient (Wildman–Crippen LogP) is 4.04. The highest BCUT2D eigenvalue weighted by molar-refractivity contribution is 6.20. The number of rotatable bonds is 7. The molecule has 3 heteroatoms. The Hall–Kier alpha value is -0.890. The number of alkyl halides is 1. The summed E-state index contributed by atoms with van der Waals surface area (Å²) in [4.78, 5) is 0. The Bertz CT molecular complexity index is 339. The lowest BCUT2D eigenvalue weighted by atomic mass is 10.0. The van der Waals surface area contributed by atoms with Gasteiger partial charge in [0.15, 0.2) is 0 Å². The molecule has 96 valence electrons. The van der Waals surface area contributed by atoms with Crippen LogP contribution in [0.1, 0.15) is 31.7 Å². The lowest BCUT2D eigenvalue weighted by Gasteiger charge is -2.12. The van der Waals surface area contributed by atoms with Gasteiger partial charge in [-0.15, -0.1) is 11.6 Å². The minimum absolute atomic E-state index is 0.246. The van der Waals surface area contributed by atoms with Crippen molar-refractivity contribution in [3.63, 3.8) is 0 Å². The van der Waals surface area contributed by atoms with Gasteiger partial charge >= 0.3 is 0 Å². The van der Waals surface area contributed by atoms with E-state index in [1.807, 2.05) is 18.2 Å². The second kappa shape index (κ2) is 7.44. The number of methoxy groups -OCH3 is 2. The van der Waals surface area contributed by atoms with Gasteiger partial charge in [-0.1, -0.05) is 13.3 Å². The van der Waals surface area contributed by atoms with Crippen LogP contribution in [0.2, 0.25) is 0 Å². The molecule has 0 aliphatic heterocycles. The first-order chi connectivity index (χ1) is 8.21. The Morgan fingerprint density at radius 3 is 2.53 bits per heavy atom. The fourth-order valence-electron chi connectivity index (χ4n) is 1.85. The summed E-state index contributed by atoms with van der Waals surface area (Å²) < 4.78 is 10.6. The van der Waals surface area contributed by atoms with Crippen LogP contribution in [0, 0.1) is 0 Å². The van der Waals surface area contributed by atoms with E-state index in [2.05, 4.69) is 6.92 Å². The Balaban J connectivity index is 2.67. The van der Waals surface area contributed by atoms with Gasteiger partial charge in [-0.05, 0) is 43.0 Å². The van der Waals surface area contributed by atoms with Gasteiger partial charge in [0.25, 0.3) is 0 Å². The third-order valence-electron chi connectivity index (χ3n) is 2.82. The highest BCUT2D eigenvalue weighted by atomic mass is 35.5. The molecular formula is C14H21ClO2. The number of ether oxygens (including phenoxy) is 2. The van der Waals surface area contributed by atoms with Crippen molar-refractivity contribution >= 4 is 11.6 Å². The van der Waals surface area contributed by atoms with Crippen molar-refractivity contribution in [2.75, 3.05) is 14.2 Å². The molecule has 2 nitrogen and oxygen atoms in total. The van der Waals surface area contributed by atoms with Crippen molar-refractivity contribution in [3.05, 3.63) is 23.8 Å². The summed E-state index contributed by atoms with van der Waals surface area (Å²) in [5, 5.41) is 0.246. The zero-order valence-electron chi connectivity index (χ0n) is 10.8. The minimum atomic E-state index is 0.246. The van der Waals surface area contributed by atoms with Crippen LogP contribution < -0.4 is 9.47 Å². The van der Waals surface area contributed by atoms with E-state index < -0.39 is 0 Å². The van der Waals surface area contributed by atoms with Gasteiger partial charge < -0.3 is 9.47 Å². The van der Waals surface area contributed by atoms with E-state index in [1.165, 1.54) is 0 Å². The first-order valence-corrected chi connectivity index (χ1v) is 6.49. The zero-order valence-corrected chi connectivity index (χ0v) is 11.6. The van der Waals surface area contributed by atoms with E-state index in [0.29, 0.717) is 0 Å². The molecular weight excluding hydrogens is 236 g/mol. The molecule has 1 atom stereocenters. The monoisotopic (exact) mass is 256 g/mol. The van der Waals surface area contributed by atoms with Crippen molar-refractivity contribution < 1.29 is 9.47 Å². The van der Waals surface area contributed by atoms with Gasteiger partial charge in [-0.25, -0.2) is 0 Å². The summed E-state index contributed by atoms with van der Waals surface area (Å²) in [6.07, 6.45) is 4.09. The van der Waals surface area contributed by atoms with E-state index in [-0.39, 0.29) is 5.38 Å². The molecule has 0 radical (unpaired) electrons. The van der Waals surface area contributed by atoms with Crippen LogP contribution in [0.5, 0.6) is 11.5 Å². The maximum atomic E-state index is 6.23. The van der Waals surface area contributed by atoms with Crippen molar-refractivity contribution in [2.24, 2.45) is 0 Å². The van der Waals surface area contributed by atoms with Crippen molar-refractivity contribution in [1.29, 1.82) is 0 Å². The average molecular weight is 257 g/mol. The predicted molar refractivity (Wildman–Crippen MR) is 72.4 cm³/mol. The molecule has 0 bridgehead atoms. The summed E-state index contributed by atoms with van der Waals surface area (Å²) in [5.74, 6) is 1.77. The highest BCUT2D eigenvalue weighted by Gasteiger charge is 2.08. The summed E-state index contributed by atoms with van der Waals surface area (Å²) in [6.45, 7) is 2.15. The molecule has 1 aromatic rings. The molecule has 1 rings (SSSR count). The third-order valence-corrected chi connectivity index (χ3v) is 3.25. The number of hydrogen-bond acceptors (Lipinski definition) is 2. The first-order valence-electron chi connectivity index (χ1n) is 6.06. The van der Waals surface area contributed by atoms with Gasteiger partial charge in [0, 0.05) is 5.38 Å².